The smallest absolute Gasteiger partial charge is 0.260 e. The summed E-state index contributed by atoms with van der Waals surface area (Å²) in [6.07, 6.45) is 2.03. The summed E-state index contributed by atoms with van der Waals surface area (Å²) in [5.74, 6) is 0.741. The molecule has 0 spiro atoms. The zero-order valence-corrected chi connectivity index (χ0v) is 19.7. The summed E-state index contributed by atoms with van der Waals surface area (Å²) in [5.41, 5.74) is 1.49. The first-order chi connectivity index (χ1) is 14.6. The SMILES string of the molecule is CCOc1cccc2sc(N(CCN(CC)CC)C(=O)c3ccc(SC)cc3)nc12. The molecule has 1 heterocycles. The van der Waals surface area contributed by atoms with E-state index in [4.69, 9.17) is 9.72 Å². The number of thiazole rings is 1. The molecule has 3 rings (SSSR count). The molecule has 0 bridgehead atoms. The van der Waals surface area contributed by atoms with Crippen LogP contribution in [0.4, 0.5) is 5.13 Å². The Morgan fingerprint density at radius 1 is 1.07 bits per heavy atom. The van der Waals surface area contributed by atoms with Gasteiger partial charge in [0, 0.05) is 23.5 Å². The van der Waals surface area contributed by atoms with Crippen molar-refractivity contribution >= 4 is 44.4 Å². The average Bonchev–Trinajstić information content (AvgIpc) is 3.21. The van der Waals surface area contributed by atoms with E-state index in [0.29, 0.717) is 23.8 Å². The maximum absolute atomic E-state index is 13.5. The number of rotatable bonds is 10. The molecule has 3 aromatic rings. The molecule has 0 fully saturated rings. The second-order valence-electron chi connectivity index (χ2n) is 6.74. The Bertz CT molecular complexity index is 968. The molecule has 0 N–H and O–H groups in total. The van der Waals surface area contributed by atoms with Crippen LogP contribution in [0.2, 0.25) is 0 Å². The number of hydrogen-bond acceptors (Lipinski definition) is 6. The highest BCUT2D eigenvalue weighted by Crippen LogP contribution is 2.34. The fourth-order valence-corrected chi connectivity index (χ4v) is 4.67. The number of fused-ring (bicyclic) bond motifs is 1. The number of aromatic nitrogens is 1. The molecule has 2 aromatic carbocycles. The number of likely N-dealkylation sites (N-methyl/N-ethyl adjacent to an activating group) is 1. The highest BCUT2D eigenvalue weighted by atomic mass is 32.2. The van der Waals surface area contributed by atoms with Crippen molar-refractivity contribution in [2.24, 2.45) is 0 Å². The van der Waals surface area contributed by atoms with Gasteiger partial charge < -0.3 is 9.64 Å². The molecule has 1 aromatic heterocycles. The standard InChI is InChI=1S/C23H29N3O2S2/c1-5-25(6-2)15-16-26(22(27)17-11-13-18(29-4)14-12-17)23-24-21-19(28-7-3)9-8-10-20(21)30-23/h8-14H,5-7,15-16H2,1-4H3. The number of thioether (sulfide) groups is 1. The number of carbonyl (C=O) groups excluding carboxylic acids is 1. The van der Waals surface area contributed by atoms with Gasteiger partial charge in [-0.3, -0.25) is 9.69 Å². The van der Waals surface area contributed by atoms with Crippen LogP contribution in [-0.2, 0) is 0 Å². The highest BCUT2D eigenvalue weighted by Gasteiger charge is 2.23. The number of para-hydroxylation sites is 1. The van der Waals surface area contributed by atoms with Gasteiger partial charge in [0.2, 0.25) is 0 Å². The molecule has 0 aliphatic heterocycles. The summed E-state index contributed by atoms with van der Waals surface area (Å²) in [4.78, 5) is 23.5. The maximum Gasteiger partial charge on any atom is 0.260 e. The van der Waals surface area contributed by atoms with E-state index < -0.39 is 0 Å². The maximum atomic E-state index is 13.5. The van der Waals surface area contributed by atoms with Crippen molar-refractivity contribution in [3.05, 3.63) is 48.0 Å². The fraction of sp³-hybridized carbons (Fsp3) is 0.391. The quantitative estimate of drug-likeness (QED) is 0.392. The molecule has 0 atom stereocenters. The van der Waals surface area contributed by atoms with Gasteiger partial charge in [0.25, 0.3) is 5.91 Å². The number of anilines is 1. The predicted molar refractivity (Wildman–Crippen MR) is 128 cm³/mol. The fourth-order valence-electron chi connectivity index (χ4n) is 3.25. The van der Waals surface area contributed by atoms with Crippen LogP contribution in [0.5, 0.6) is 5.75 Å². The van der Waals surface area contributed by atoms with Gasteiger partial charge in [0.15, 0.2) is 5.13 Å². The third-order valence-electron chi connectivity index (χ3n) is 5.02. The third-order valence-corrected chi connectivity index (χ3v) is 6.80. The number of amides is 1. The molecule has 7 heteroatoms. The van der Waals surface area contributed by atoms with Crippen LogP contribution < -0.4 is 9.64 Å². The predicted octanol–water partition coefficient (Wildman–Crippen LogP) is 5.41. The van der Waals surface area contributed by atoms with E-state index >= 15 is 0 Å². The van der Waals surface area contributed by atoms with E-state index in [0.717, 1.165) is 40.5 Å². The van der Waals surface area contributed by atoms with E-state index in [-0.39, 0.29) is 5.91 Å². The lowest BCUT2D eigenvalue weighted by atomic mass is 10.2. The lowest BCUT2D eigenvalue weighted by Crippen LogP contribution is -2.38. The second-order valence-corrected chi connectivity index (χ2v) is 8.63. The molecule has 0 radical (unpaired) electrons. The van der Waals surface area contributed by atoms with E-state index in [9.17, 15) is 4.79 Å². The Morgan fingerprint density at radius 2 is 1.80 bits per heavy atom. The van der Waals surface area contributed by atoms with E-state index in [2.05, 4.69) is 18.7 Å². The van der Waals surface area contributed by atoms with E-state index in [1.165, 1.54) is 11.3 Å². The third kappa shape index (κ3) is 5.14. The molecule has 30 heavy (non-hydrogen) atoms. The Morgan fingerprint density at radius 3 is 2.43 bits per heavy atom. The topological polar surface area (TPSA) is 45.7 Å². The normalized spacial score (nSPS) is 11.2. The summed E-state index contributed by atoms with van der Waals surface area (Å²) < 4.78 is 6.77. The molecule has 0 unspecified atom stereocenters. The van der Waals surface area contributed by atoms with Gasteiger partial charge in [-0.05, 0) is 62.7 Å². The summed E-state index contributed by atoms with van der Waals surface area (Å²) in [6.45, 7) is 10.1. The zero-order valence-electron chi connectivity index (χ0n) is 18.1. The van der Waals surface area contributed by atoms with Crippen molar-refractivity contribution in [3.8, 4) is 5.75 Å². The molecule has 5 nitrogen and oxygen atoms in total. The lowest BCUT2D eigenvalue weighted by Gasteiger charge is -2.24. The van der Waals surface area contributed by atoms with Crippen molar-refractivity contribution in [3.63, 3.8) is 0 Å². The molecular formula is C23H29N3O2S2. The van der Waals surface area contributed by atoms with Gasteiger partial charge in [-0.25, -0.2) is 4.98 Å². The minimum absolute atomic E-state index is 0.0215. The Kier molecular flexibility index (Phi) is 8.13. The van der Waals surface area contributed by atoms with Crippen LogP contribution in [-0.4, -0.2) is 54.8 Å². The second kappa shape index (κ2) is 10.8. The minimum atomic E-state index is -0.0215. The monoisotopic (exact) mass is 443 g/mol. The van der Waals surface area contributed by atoms with Gasteiger partial charge in [-0.2, -0.15) is 0 Å². The first-order valence-electron chi connectivity index (χ1n) is 10.3. The average molecular weight is 444 g/mol. The lowest BCUT2D eigenvalue weighted by molar-refractivity contribution is 0.0983. The summed E-state index contributed by atoms with van der Waals surface area (Å²) in [5, 5.41) is 0.711. The van der Waals surface area contributed by atoms with Crippen molar-refractivity contribution < 1.29 is 9.53 Å². The number of nitrogens with zero attached hydrogens (tertiary/aromatic N) is 3. The van der Waals surface area contributed by atoms with Gasteiger partial charge in [-0.15, -0.1) is 11.8 Å². The molecule has 0 aliphatic rings. The summed E-state index contributed by atoms with van der Waals surface area (Å²) in [7, 11) is 0. The van der Waals surface area contributed by atoms with Gasteiger partial charge in [0.05, 0.1) is 11.3 Å². The summed E-state index contributed by atoms with van der Waals surface area (Å²) in [6, 6.07) is 13.7. The van der Waals surface area contributed by atoms with Gasteiger partial charge >= 0.3 is 0 Å². The molecule has 0 aliphatic carbocycles. The van der Waals surface area contributed by atoms with Crippen LogP contribution in [0.15, 0.2) is 47.4 Å². The summed E-state index contributed by atoms with van der Waals surface area (Å²) >= 11 is 3.20. The molecular weight excluding hydrogens is 414 g/mol. The number of hydrogen-bond donors (Lipinski definition) is 0. The van der Waals surface area contributed by atoms with E-state index in [1.807, 2.05) is 60.5 Å². The first kappa shape index (κ1) is 22.6. The first-order valence-corrected chi connectivity index (χ1v) is 12.4. The van der Waals surface area contributed by atoms with Crippen LogP contribution in [0, 0.1) is 0 Å². The van der Waals surface area contributed by atoms with Crippen molar-refractivity contribution in [2.75, 3.05) is 43.9 Å². The number of benzene rings is 2. The number of ether oxygens (including phenoxy) is 1. The largest absolute Gasteiger partial charge is 0.492 e. The van der Waals surface area contributed by atoms with Crippen LogP contribution in [0.1, 0.15) is 31.1 Å². The van der Waals surface area contributed by atoms with Crippen molar-refractivity contribution in [1.82, 2.24) is 9.88 Å². The molecule has 0 saturated heterocycles. The Hall–Kier alpha value is -2.09. The number of carbonyl (C=O) groups is 1. The molecule has 0 saturated carbocycles. The van der Waals surface area contributed by atoms with Crippen LogP contribution >= 0.6 is 23.1 Å². The molecule has 160 valence electrons. The van der Waals surface area contributed by atoms with E-state index in [1.54, 1.807) is 11.8 Å². The zero-order chi connectivity index (χ0) is 21.5. The van der Waals surface area contributed by atoms with Gasteiger partial charge in [-0.1, -0.05) is 31.3 Å². The van der Waals surface area contributed by atoms with Crippen molar-refractivity contribution in [1.29, 1.82) is 0 Å². The molecule has 1 amide bonds. The van der Waals surface area contributed by atoms with Crippen LogP contribution in [0.25, 0.3) is 10.2 Å². The Labute approximate surface area is 187 Å². The van der Waals surface area contributed by atoms with Gasteiger partial charge in [0.1, 0.15) is 11.3 Å². The Balaban J connectivity index is 1.96. The minimum Gasteiger partial charge on any atom is -0.492 e. The van der Waals surface area contributed by atoms with Crippen LogP contribution in [0.3, 0.4) is 0 Å². The van der Waals surface area contributed by atoms with Crippen molar-refractivity contribution in [2.45, 2.75) is 25.7 Å². The highest BCUT2D eigenvalue weighted by molar-refractivity contribution is 7.98.